The summed E-state index contributed by atoms with van der Waals surface area (Å²) in [6, 6.07) is 8.71. The Kier molecular flexibility index (Phi) is 21.0. The lowest BCUT2D eigenvalue weighted by Gasteiger charge is -2.07. The third-order valence-electron chi connectivity index (χ3n) is 7.94. The molecule has 40 heavy (non-hydrogen) atoms. The number of aryl methyl sites for hydroxylation is 2. The summed E-state index contributed by atoms with van der Waals surface area (Å²) in [7, 11) is 0. The first-order chi connectivity index (χ1) is 19.8. The second-order valence-corrected chi connectivity index (χ2v) is 11.7. The Morgan fingerprint density at radius 1 is 0.400 bits per heavy atom. The fourth-order valence-electron chi connectivity index (χ4n) is 5.26. The minimum atomic E-state index is 0.969. The van der Waals surface area contributed by atoms with Crippen LogP contribution in [0.4, 0.5) is 0 Å². The van der Waals surface area contributed by atoms with Crippen LogP contribution < -0.4 is 10.7 Å². The fourth-order valence-corrected chi connectivity index (χ4v) is 5.26. The largest absolute Gasteiger partial charge is 0.354 e. The van der Waals surface area contributed by atoms with Crippen molar-refractivity contribution in [2.75, 3.05) is 13.1 Å². The Morgan fingerprint density at radius 3 is 1.05 bits per heavy atom. The third-order valence-corrected chi connectivity index (χ3v) is 7.94. The van der Waals surface area contributed by atoms with Gasteiger partial charge in [-0.05, 0) is 49.9 Å². The van der Waals surface area contributed by atoms with Gasteiger partial charge in [0.05, 0.1) is 10.7 Å². The number of unbranched alkanes of at least 4 members (excludes halogenated alkanes) is 17. The molecule has 0 amide bonds. The lowest BCUT2D eigenvalue weighted by molar-refractivity contribution is 0.529. The smallest absolute Gasteiger partial charge is 0.0603 e. The Morgan fingerprint density at radius 2 is 0.700 bits per heavy atom. The van der Waals surface area contributed by atoms with Crippen LogP contribution in [-0.2, 0) is 13.1 Å². The third kappa shape index (κ3) is 18.3. The molecule has 0 fully saturated rings. The van der Waals surface area contributed by atoms with Gasteiger partial charge in [0.2, 0.25) is 0 Å². The zero-order valence-corrected chi connectivity index (χ0v) is 26.4. The van der Waals surface area contributed by atoms with Crippen molar-refractivity contribution in [2.45, 2.75) is 155 Å². The molecule has 0 unspecified atom stereocenters. The maximum absolute atomic E-state index is 4.75. The molecule has 0 aliphatic carbocycles. The molecule has 0 radical (unpaired) electrons. The molecule has 0 aromatic carbocycles. The predicted octanol–water partition coefficient (Wildman–Crippen LogP) is 9.63. The Balaban J connectivity index is 1.45. The SMILES string of the molecule is CCCCCCCCCN=c1ccn(CCCCCCCCn2ccc(=NCCCCCCCCC)cc2)cc1. The quantitative estimate of drug-likeness (QED) is 0.110. The molecular weight excluding hydrogens is 488 g/mol. The molecule has 0 aliphatic rings. The Hall–Kier alpha value is -2.10. The average molecular weight is 551 g/mol. The summed E-state index contributed by atoms with van der Waals surface area (Å²) in [5.41, 5.74) is 0. The van der Waals surface area contributed by atoms with Crippen molar-refractivity contribution in [1.82, 2.24) is 9.13 Å². The fraction of sp³-hybridized carbons (Fsp3) is 0.722. The molecule has 2 aromatic heterocycles. The van der Waals surface area contributed by atoms with Crippen LogP contribution in [0.2, 0.25) is 0 Å². The molecule has 0 saturated carbocycles. The van der Waals surface area contributed by atoms with E-state index in [0.29, 0.717) is 0 Å². The Labute approximate surface area is 247 Å². The van der Waals surface area contributed by atoms with Gasteiger partial charge >= 0.3 is 0 Å². The van der Waals surface area contributed by atoms with E-state index >= 15 is 0 Å². The van der Waals surface area contributed by atoms with Crippen molar-refractivity contribution in [1.29, 1.82) is 0 Å². The van der Waals surface area contributed by atoms with Gasteiger partial charge in [0.25, 0.3) is 0 Å². The van der Waals surface area contributed by atoms with E-state index in [1.807, 2.05) is 0 Å². The molecule has 0 bridgehead atoms. The Bertz CT molecular complexity index is 851. The van der Waals surface area contributed by atoms with E-state index in [2.05, 4.69) is 72.0 Å². The van der Waals surface area contributed by atoms with Crippen molar-refractivity contribution in [3.8, 4) is 0 Å². The van der Waals surface area contributed by atoms with E-state index in [9.17, 15) is 0 Å². The molecule has 4 nitrogen and oxygen atoms in total. The molecular formula is C36H62N4. The van der Waals surface area contributed by atoms with Crippen LogP contribution in [0.3, 0.4) is 0 Å². The van der Waals surface area contributed by atoms with E-state index < -0.39 is 0 Å². The molecule has 4 heteroatoms. The number of pyridine rings is 2. The van der Waals surface area contributed by atoms with Gasteiger partial charge in [-0.2, -0.15) is 0 Å². The van der Waals surface area contributed by atoms with Crippen molar-refractivity contribution in [3.63, 3.8) is 0 Å². The van der Waals surface area contributed by atoms with Crippen LogP contribution in [-0.4, -0.2) is 22.2 Å². The van der Waals surface area contributed by atoms with Gasteiger partial charge in [0.15, 0.2) is 0 Å². The number of nitrogens with zero attached hydrogens (tertiary/aromatic N) is 4. The zero-order chi connectivity index (χ0) is 28.4. The first-order valence-corrected chi connectivity index (χ1v) is 17.1. The minimum absolute atomic E-state index is 0.969. The topological polar surface area (TPSA) is 34.6 Å². The number of hydrogen-bond acceptors (Lipinski definition) is 2. The van der Waals surface area contributed by atoms with Crippen molar-refractivity contribution >= 4 is 0 Å². The molecule has 0 saturated heterocycles. The summed E-state index contributed by atoms with van der Waals surface area (Å²) in [5, 5.41) is 2.26. The lowest BCUT2D eigenvalue weighted by atomic mass is 10.1. The number of hydrogen-bond donors (Lipinski definition) is 0. The summed E-state index contributed by atoms with van der Waals surface area (Å²) in [5.74, 6) is 0. The normalized spacial score (nSPS) is 11.2. The van der Waals surface area contributed by atoms with Crippen LogP contribution in [0.25, 0.3) is 0 Å². The van der Waals surface area contributed by atoms with Gasteiger partial charge in [-0.25, -0.2) is 0 Å². The van der Waals surface area contributed by atoms with E-state index in [1.165, 1.54) is 128 Å². The zero-order valence-electron chi connectivity index (χ0n) is 26.4. The first kappa shape index (κ1) is 34.1. The van der Waals surface area contributed by atoms with Gasteiger partial charge in [0, 0.05) is 51.0 Å². The average Bonchev–Trinajstić information content (AvgIpc) is 2.98. The lowest BCUT2D eigenvalue weighted by Crippen LogP contribution is -2.07. The van der Waals surface area contributed by atoms with Gasteiger partial charge in [0.1, 0.15) is 0 Å². The van der Waals surface area contributed by atoms with Crippen LogP contribution in [0.15, 0.2) is 59.0 Å². The standard InChI is InChI=1S/C36H62N4/c1-3-5-7-9-11-15-19-27-37-35-23-31-39(32-24-35)29-21-17-13-14-18-22-30-40-33-25-36(26-34-40)38-28-20-16-12-10-8-6-4-2/h23-26,31-34H,3-22,27-30H2,1-2H3. The molecule has 2 heterocycles. The van der Waals surface area contributed by atoms with Crippen molar-refractivity contribution < 1.29 is 0 Å². The van der Waals surface area contributed by atoms with E-state index in [0.717, 1.165) is 36.9 Å². The van der Waals surface area contributed by atoms with Crippen LogP contribution in [0.5, 0.6) is 0 Å². The maximum Gasteiger partial charge on any atom is 0.0603 e. The monoisotopic (exact) mass is 550 g/mol. The van der Waals surface area contributed by atoms with Gasteiger partial charge in [-0.3, -0.25) is 9.98 Å². The highest BCUT2D eigenvalue weighted by Crippen LogP contribution is 2.09. The van der Waals surface area contributed by atoms with Crippen molar-refractivity contribution in [2.24, 2.45) is 9.98 Å². The molecule has 0 N–H and O–H groups in total. The molecule has 0 aliphatic heterocycles. The van der Waals surface area contributed by atoms with Gasteiger partial charge in [-0.15, -0.1) is 0 Å². The summed E-state index contributed by atoms with van der Waals surface area (Å²) in [4.78, 5) is 9.51. The van der Waals surface area contributed by atoms with Crippen molar-refractivity contribution in [3.05, 3.63) is 59.8 Å². The second kappa shape index (κ2) is 24.7. The van der Waals surface area contributed by atoms with Crippen LogP contribution >= 0.6 is 0 Å². The summed E-state index contributed by atoms with van der Waals surface area (Å²) >= 11 is 0. The highest BCUT2D eigenvalue weighted by molar-refractivity contribution is 4.94. The predicted molar refractivity (Wildman–Crippen MR) is 173 cm³/mol. The highest BCUT2D eigenvalue weighted by atomic mass is 14.9. The van der Waals surface area contributed by atoms with Crippen LogP contribution in [0.1, 0.15) is 142 Å². The summed E-state index contributed by atoms with van der Waals surface area (Å²) < 4.78 is 4.63. The van der Waals surface area contributed by atoms with Gasteiger partial charge in [-0.1, -0.05) is 117 Å². The van der Waals surface area contributed by atoms with Crippen LogP contribution in [0, 0.1) is 0 Å². The van der Waals surface area contributed by atoms with E-state index in [-0.39, 0.29) is 0 Å². The number of aromatic nitrogens is 2. The highest BCUT2D eigenvalue weighted by Gasteiger charge is 1.95. The van der Waals surface area contributed by atoms with E-state index in [1.54, 1.807) is 0 Å². The molecule has 2 rings (SSSR count). The van der Waals surface area contributed by atoms with Gasteiger partial charge < -0.3 is 9.13 Å². The second-order valence-electron chi connectivity index (χ2n) is 11.7. The van der Waals surface area contributed by atoms with E-state index in [4.69, 9.17) is 9.98 Å². The molecule has 0 atom stereocenters. The number of rotatable bonds is 25. The molecule has 226 valence electrons. The first-order valence-electron chi connectivity index (χ1n) is 17.1. The maximum atomic E-state index is 4.75. The molecule has 0 spiro atoms. The summed E-state index contributed by atoms with van der Waals surface area (Å²) in [6.07, 6.45) is 35.5. The summed E-state index contributed by atoms with van der Waals surface area (Å²) in [6.45, 7) is 8.72. The minimum Gasteiger partial charge on any atom is -0.354 e. The molecule has 2 aromatic rings.